The monoisotopic (exact) mass is 399 g/mol. The molecule has 2 aliphatic heterocycles. The van der Waals surface area contributed by atoms with Crippen molar-refractivity contribution in [2.45, 2.75) is 19.4 Å². The van der Waals surface area contributed by atoms with E-state index in [-0.39, 0.29) is 11.9 Å². The number of rotatable bonds is 4. The van der Waals surface area contributed by atoms with E-state index in [0.717, 1.165) is 6.42 Å². The molecule has 2 unspecified atom stereocenters. The Balaban J connectivity index is 1.70. The van der Waals surface area contributed by atoms with Crippen LogP contribution in [0.4, 0.5) is 20.6 Å². The van der Waals surface area contributed by atoms with Crippen molar-refractivity contribution in [3.63, 3.8) is 0 Å². The summed E-state index contributed by atoms with van der Waals surface area (Å²) < 4.78 is 31.6. The number of halogens is 1. The average Bonchev–Trinajstić information content (AvgIpc) is 2.83. The van der Waals surface area contributed by atoms with Crippen LogP contribution in [0.3, 0.4) is 0 Å². The summed E-state index contributed by atoms with van der Waals surface area (Å²) in [6.07, 6.45) is -0.0416. The smallest absolute Gasteiger partial charge is 0.414 e. The second-order valence-electron chi connectivity index (χ2n) is 6.38. The van der Waals surface area contributed by atoms with Gasteiger partial charge in [0.1, 0.15) is 11.9 Å². The fourth-order valence-electron chi connectivity index (χ4n) is 3.10. The standard InChI is InChI=1S/C17H22FN3O3S2/c1-12(25)19-10-14-11-21(17(22)24-14)13-3-4-16(15(18)9-13)20-5-2-7-26(23)8-6-20/h3-4,9,14H,2,5-8,10-11H2,1H3,(H,19,25). The van der Waals surface area contributed by atoms with E-state index in [1.807, 2.05) is 4.90 Å². The molecule has 0 saturated carbocycles. The van der Waals surface area contributed by atoms with Gasteiger partial charge in [-0.1, -0.05) is 12.2 Å². The minimum Gasteiger partial charge on any atom is -0.442 e. The van der Waals surface area contributed by atoms with Gasteiger partial charge in [0.05, 0.1) is 29.5 Å². The SMILES string of the molecule is CC(=S)NCC1CN(c2ccc(N3CCCS(=O)CC3)c(F)c2)C(=O)O1. The number of ether oxygens (including phenoxy) is 1. The molecule has 2 heterocycles. The number of benzene rings is 1. The van der Waals surface area contributed by atoms with Gasteiger partial charge in [-0.25, -0.2) is 9.18 Å². The number of anilines is 2. The second kappa shape index (κ2) is 8.30. The Bertz CT molecular complexity index is 731. The quantitative estimate of drug-likeness (QED) is 0.782. The zero-order valence-electron chi connectivity index (χ0n) is 14.6. The molecule has 1 aromatic carbocycles. The molecule has 142 valence electrons. The topological polar surface area (TPSA) is 61.9 Å². The lowest BCUT2D eigenvalue weighted by atomic mass is 10.2. The van der Waals surface area contributed by atoms with Gasteiger partial charge in [0, 0.05) is 35.4 Å². The Kier molecular flexibility index (Phi) is 6.08. The summed E-state index contributed by atoms with van der Waals surface area (Å²) >= 11 is 4.95. The normalized spacial score (nSPS) is 23.5. The van der Waals surface area contributed by atoms with Crippen molar-refractivity contribution < 1.29 is 18.1 Å². The number of cyclic esters (lactones) is 1. The third-order valence-corrected chi connectivity index (χ3v) is 5.95. The lowest BCUT2D eigenvalue weighted by molar-refractivity contribution is 0.143. The molecule has 26 heavy (non-hydrogen) atoms. The molecule has 2 saturated heterocycles. The molecular weight excluding hydrogens is 377 g/mol. The van der Waals surface area contributed by atoms with Crippen molar-refractivity contribution in [2.75, 3.05) is 47.5 Å². The average molecular weight is 400 g/mol. The maximum Gasteiger partial charge on any atom is 0.414 e. The third-order valence-electron chi connectivity index (χ3n) is 4.43. The fourth-order valence-corrected chi connectivity index (χ4v) is 4.26. The molecule has 0 bridgehead atoms. The highest BCUT2D eigenvalue weighted by Gasteiger charge is 2.32. The summed E-state index contributed by atoms with van der Waals surface area (Å²) in [5, 5.41) is 2.97. The zero-order chi connectivity index (χ0) is 18.7. The van der Waals surface area contributed by atoms with Gasteiger partial charge < -0.3 is 15.0 Å². The van der Waals surface area contributed by atoms with Crippen LogP contribution in [-0.2, 0) is 15.5 Å². The van der Waals surface area contributed by atoms with Gasteiger partial charge in [0.2, 0.25) is 0 Å². The van der Waals surface area contributed by atoms with Crippen LogP contribution in [0.15, 0.2) is 18.2 Å². The van der Waals surface area contributed by atoms with Gasteiger partial charge in [-0.3, -0.25) is 9.11 Å². The van der Waals surface area contributed by atoms with Crippen LogP contribution in [-0.4, -0.2) is 59.1 Å². The molecule has 2 aliphatic rings. The van der Waals surface area contributed by atoms with Crippen LogP contribution in [0.2, 0.25) is 0 Å². The van der Waals surface area contributed by atoms with E-state index in [0.29, 0.717) is 54.0 Å². The molecule has 3 rings (SSSR count). The van der Waals surface area contributed by atoms with E-state index < -0.39 is 16.9 Å². The van der Waals surface area contributed by atoms with E-state index in [1.54, 1.807) is 19.1 Å². The largest absolute Gasteiger partial charge is 0.442 e. The lowest BCUT2D eigenvalue weighted by Crippen LogP contribution is -2.32. The first-order valence-electron chi connectivity index (χ1n) is 8.56. The Morgan fingerprint density at radius 1 is 1.42 bits per heavy atom. The van der Waals surface area contributed by atoms with Crippen LogP contribution in [0.1, 0.15) is 13.3 Å². The minimum absolute atomic E-state index is 0.330. The molecular formula is C17H22FN3O3S2. The lowest BCUT2D eigenvalue weighted by Gasteiger charge is -2.24. The Morgan fingerprint density at radius 2 is 2.23 bits per heavy atom. The molecule has 1 N–H and O–H groups in total. The van der Waals surface area contributed by atoms with E-state index in [4.69, 9.17) is 17.0 Å². The summed E-state index contributed by atoms with van der Waals surface area (Å²) in [7, 11) is -0.828. The van der Waals surface area contributed by atoms with Crippen molar-refractivity contribution in [1.29, 1.82) is 0 Å². The van der Waals surface area contributed by atoms with Gasteiger partial charge >= 0.3 is 6.09 Å². The first-order valence-corrected chi connectivity index (χ1v) is 10.5. The molecule has 1 amide bonds. The van der Waals surface area contributed by atoms with E-state index in [1.165, 1.54) is 11.0 Å². The highest BCUT2D eigenvalue weighted by atomic mass is 32.2. The maximum absolute atomic E-state index is 14.7. The van der Waals surface area contributed by atoms with Crippen LogP contribution in [0.25, 0.3) is 0 Å². The van der Waals surface area contributed by atoms with Gasteiger partial charge in [-0.15, -0.1) is 0 Å². The molecule has 0 aromatic heterocycles. The Labute approximate surface area is 160 Å². The summed E-state index contributed by atoms with van der Waals surface area (Å²) in [6.45, 7) is 3.78. The summed E-state index contributed by atoms with van der Waals surface area (Å²) in [5.74, 6) is 0.819. The number of amides is 1. The first-order chi connectivity index (χ1) is 12.4. The van der Waals surface area contributed by atoms with Gasteiger partial charge in [-0.05, 0) is 31.5 Å². The number of carbonyl (C=O) groups excluding carboxylic acids is 1. The number of hydrogen-bond acceptors (Lipinski definition) is 5. The molecule has 0 aliphatic carbocycles. The number of carbonyl (C=O) groups is 1. The van der Waals surface area contributed by atoms with Crippen molar-refractivity contribution >= 4 is 45.5 Å². The number of nitrogens with one attached hydrogen (secondary N) is 1. The highest BCUT2D eigenvalue weighted by Crippen LogP contribution is 2.28. The summed E-state index contributed by atoms with van der Waals surface area (Å²) in [4.78, 5) is 16.1. The van der Waals surface area contributed by atoms with E-state index in [9.17, 15) is 13.4 Å². The Hall–Kier alpha value is -1.74. The minimum atomic E-state index is -0.828. The molecule has 6 nitrogen and oxygen atoms in total. The van der Waals surface area contributed by atoms with Crippen LogP contribution >= 0.6 is 12.2 Å². The number of nitrogens with zero attached hydrogens (tertiary/aromatic N) is 2. The van der Waals surface area contributed by atoms with Crippen molar-refractivity contribution in [1.82, 2.24) is 5.32 Å². The van der Waals surface area contributed by atoms with Crippen LogP contribution in [0.5, 0.6) is 0 Å². The van der Waals surface area contributed by atoms with Gasteiger partial charge in [0.25, 0.3) is 0 Å². The maximum atomic E-state index is 14.7. The first kappa shape index (κ1) is 19.0. The molecule has 9 heteroatoms. The second-order valence-corrected chi connectivity index (χ2v) is 8.69. The predicted molar refractivity (Wildman–Crippen MR) is 105 cm³/mol. The predicted octanol–water partition coefficient (Wildman–Crippen LogP) is 2.05. The van der Waals surface area contributed by atoms with Crippen molar-refractivity contribution in [3.8, 4) is 0 Å². The molecule has 1 aromatic rings. The molecule has 2 fully saturated rings. The van der Waals surface area contributed by atoms with Crippen LogP contribution in [0, 0.1) is 5.82 Å². The molecule has 0 spiro atoms. The number of thiocarbonyl (C=S) groups is 1. The van der Waals surface area contributed by atoms with Crippen molar-refractivity contribution in [2.24, 2.45) is 0 Å². The van der Waals surface area contributed by atoms with Gasteiger partial charge in [-0.2, -0.15) is 0 Å². The third kappa shape index (κ3) is 4.50. The fraction of sp³-hybridized carbons (Fsp3) is 0.529. The number of hydrogen-bond donors (Lipinski definition) is 1. The van der Waals surface area contributed by atoms with E-state index in [2.05, 4.69) is 5.32 Å². The molecule has 2 atom stereocenters. The highest BCUT2D eigenvalue weighted by molar-refractivity contribution is 7.85. The van der Waals surface area contributed by atoms with Crippen molar-refractivity contribution in [3.05, 3.63) is 24.0 Å². The zero-order valence-corrected chi connectivity index (χ0v) is 16.2. The van der Waals surface area contributed by atoms with E-state index >= 15 is 0 Å². The molecule has 0 radical (unpaired) electrons. The summed E-state index contributed by atoms with van der Waals surface area (Å²) in [5.41, 5.74) is 0.950. The van der Waals surface area contributed by atoms with Gasteiger partial charge in [0.15, 0.2) is 0 Å². The van der Waals surface area contributed by atoms with Crippen LogP contribution < -0.4 is 15.1 Å². The Morgan fingerprint density at radius 3 is 2.96 bits per heavy atom. The summed E-state index contributed by atoms with van der Waals surface area (Å²) in [6, 6.07) is 4.76.